The third-order valence-corrected chi connectivity index (χ3v) is 13.3. The Morgan fingerprint density at radius 1 is 1.07 bits per heavy atom. The fourth-order valence-electron chi connectivity index (χ4n) is 8.59. The molecule has 0 bridgehead atoms. The number of hydrogen-bond donors (Lipinski definition) is 1. The van der Waals surface area contributed by atoms with Gasteiger partial charge >= 0.3 is 6.09 Å². The second kappa shape index (κ2) is 12.6. The topological polar surface area (TPSA) is 103 Å². The molecule has 2 saturated carbocycles. The summed E-state index contributed by atoms with van der Waals surface area (Å²) in [5.74, 6) is -0.00677. The van der Waals surface area contributed by atoms with E-state index in [1.54, 1.807) is 18.2 Å². The number of piperidine rings is 1. The molecular formula is C35H45FN4O4S. The number of amides is 1. The molecule has 2 aliphatic heterocycles. The number of sulfone groups is 1. The minimum absolute atomic E-state index is 0.00100. The van der Waals surface area contributed by atoms with Crippen molar-refractivity contribution in [1.29, 1.82) is 5.26 Å². The second-order valence-corrected chi connectivity index (χ2v) is 16.1. The zero-order valence-corrected chi connectivity index (χ0v) is 27.3. The first-order chi connectivity index (χ1) is 21.6. The quantitative estimate of drug-likeness (QED) is 0.378. The smallest absolute Gasteiger partial charge is 0.407 e. The highest BCUT2D eigenvalue weighted by atomic mass is 32.2. The summed E-state index contributed by atoms with van der Waals surface area (Å²) in [6.45, 7) is 7.27. The lowest BCUT2D eigenvalue weighted by molar-refractivity contribution is 0.0191. The van der Waals surface area contributed by atoms with E-state index in [2.05, 4.69) is 35.0 Å². The summed E-state index contributed by atoms with van der Waals surface area (Å²) in [5, 5.41) is 13.8. The molecule has 45 heavy (non-hydrogen) atoms. The highest BCUT2D eigenvalue weighted by molar-refractivity contribution is 7.92. The van der Waals surface area contributed by atoms with Gasteiger partial charge in [0.2, 0.25) is 0 Å². The monoisotopic (exact) mass is 636 g/mol. The minimum atomic E-state index is -3.18. The van der Waals surface area contributed by atoms with Gasteiger partial charge in [0.15, 0.2) is 9.84 Å². The molecule has 1 amide bonds. The summed E-state index contributed by atoms with van der Waals surface area (Å²) in [6.07, 6.45) is 5.09. The molecule has 1 unspecified atom stereocenters. The zero-order chi connectivity index (χ0) is 31.9. The van der Waals surface area contributed by atoms with Gasteiger partial charge in [-0.2, -0.15) is 5.26 Å². The van der Waals surface area contributed by atoms with Crippen LogP contribution in [0.25, 0.3) is 0 Å². The summed E-state index contributed by atoms with van der Waals surface area (Å²) in [6, 6.07) is 16.9. The van der Waals surface area contributed by atoms with Gasteiger partial charge in [-0.25, -0.2) is 17.6 Å². The number of methoxy groups -OCH3 is 1. The molecule has 2 heterocycles. The van der Waals surface area contributed by atoms with Crippen LogP contribution < -0.4 is 10.2 Å². The Morgan fingerprint density at radius 2 is 1.76 bits per heavy atom. The zero-order valence-electron chi connectivity index (χ0n) is 26.5. The third kappa shape index (κ3) is 6.06. The van der Waals surface area contributed by atoms with Crippen molar-refractivity contribution in [3.63, 3.8) is 0 Å². The Hall–Kier alpha value is -3.16. The average Bonchev–Trinajstić information content (AvgIpc) is 3.77. The standard InChI is InChI=1S/C35H45FN4O4S/c1-23-16-27(35(22-37,26-6-4-7-28(36)18-26)32-8-5-9-33(32)38-34(41)44-3)17-24(2)40(23)21-25-19-39(20-25)29-10-12-30(13-11-29)45(42,43)31-14-15-31/h4,6-7,10-13,18,23-25,27,31-33H,5,8-9,14-17,19-21H2,1-3H3,(H,38,41)/t23-,24+,27?,32-,33-,35+/m0/s1. The van der Waals surface area contributed by atoms with Crippen molar-refractivity contribution in [1.82, 2.24) is 10.2 Å². The first-order valence-electron chi connectivity index (χ1n) is 16.4. The lowest BCUT2D eigenvalue weighted by Crippen LogP contribution is -2.59. The van der Waals surface area contributed by atoms with Crippen molar-refractivity contribution in [2.24, 2.45) is 17.8 Å². The molecule has 4 fully saturated rings. The van der Waals surface area contributed by atoms with E-state index in [9.17, 15) is 22.9 Å². The van der Waals surface area contributed by atoms with Crippen LogP contribution in [0.15, 0.2) is 53.4 Å². The van der Waals surface area contributed by atoms with Crippen LogP contribution in [0.4, 0.5) is 14.9 Å². The van der Waals surface area contributed by atoms with Crippen LogP contribution in [0, 0.1) is 34.9 Å². The van der Waals surface area contributed by atoms with Gasteiger partial charge in [0, 0.05) is 55.3 Å². The third-order valence-electron chi connectivity index (χ3n) is 11.0. The fraction of sp³-hybridized carbons (Fsp3) is 0.600. The van der Waals surface area contributed by atoms with Gasteiger partial charge < -0.3 is 15.0 Å². The maximum atomic E-state index is 14.7. The van der Waals surface area contributed by atoms with E-state index in [1.807, 2.05) is 18.2 Å². The number of alkyl carbamates (subject to hydrolysis) is 1. The average molecular weight is 637 g/mol. The first kappa shape index (κ1) is 31.8. The summed E-state index contributed by atoms with van der Waals surface area (Å²) in [4.78, 5) is 17.6. The summed E-state index contributed by atoms with van der Waals surface area (Å²) in [5.41, 5.74) is 0.823. The summed E-state index contributed by atoms with van der Waals surface area (Å²) >= 11 is 0. The van der Waals surface area contributed by atoms with E-state index in [-0.39, 0.29) is 41.0 Å². The molecule has 0 radical (unpaired) electrons. The van der Waals surface area contributed by atoms with Gasteiger partial charge in [-0.1, -0.05) is 18.6 Å². The summed E-state index contributed by atoms with van der Waals surface area (Å²) in [7, 11) is -1.83. The van der Waals surface area contributed by atoms with Crippen LogP contribution in [-0.4, -0.2) is 69.5 Å². The molecule has 10 heteroatoms. The lowest BCUT2D eigenvalue weighted by Gasteiger charge is -2.52. The molecule has 2 aliphatic carbocycles. The van der Waals surface area contributed by atoms with E-state index in [0.717, 1.165) is 70.3 Å². The van der Waals surface area contributed by atoms with E-state index in [1.165, 1.54) is 19.2 Å². The van der Waals surface area contributed by atoms with Crippen molar-refractivity contribution in [3.8, 4) is 6.07 Å². The van der Waals surface area contributed by atoms with Crippen molar-refractivity contribution >= 4 is 21.6 Å². The fourth-order valence-corrected chi connectivity index (χ4v) is 10.3. The predicted octanol–water partition coefficient (Wildman–Crippen LogP) is 5.67. The SMILES string of the molecule is COC(=O)N[C@H]1CCC[C@@H]1[C@](C#N)(c1cccc(F)c1)C1C[C@@H](C)N(CC2CN(c3ccc(S(=O)(=O)C4CC4)cc3)C2)[C@@H](C)C1. The normalized spacial score (nSPS) is 29.0. The predicted molar refractivity (Wildman–Crippen MR) is 171 cm³/mol. The number of halogens is 1. The number of carbonyl (C=O) groups excluding carboxylic acids is 1. The molecule has 1 N–H and O–H groups in total. The van der Waals surface area contributed by atoms with E-state index in [4.69, 9.17) is 4.74 Å². The van der Waals surface area contributed by atoms with Crippen LogP contribution in [-0.2, 0) is 20.0 Å². The van der Waals surface area contributed by atoms with Crippen LogP contribution >= 0.6 is 0 Å². The number of carbonyl (C=O) groups is 1. The molecular weight excluding hydrogens is 591 g/mol. The number of nitrogens with one attached hydrogen (secondary N) is 1. The molecule has 4 aliphatic rings. The molecule has 2 aromatic rings. The Balaban J connectivity index is 1.15. The number of hydrogen-bond acceptors (Lipinski definition) is 7. The van der Waals surface area contributed by atoms with E-state index < -0.39 is 21.3 Å². The van der Waals surface area contributed by atoms with Crippen molar-refractivity contribution < 1.29 is 22.3 Å². The second-order valence-electron chi connectivity index (χ2n) is 13.8. The molecule has 6 rings (SSSR count). The number of nitriles is 1. The van der Waals surface area contributed by atoms with Gasteiger partial charge in [0.25, 0.3) is 0 Å². The number of likely N-dealkylation sites (tertiary alicyclic amines) is 1. The maximum Gasteiger partial charge on any atom is 0.407 e. The van der Waals surface area contributed by atoms with Gasteiger partial charge in [0.05, 0.1) is 28.7 Å². The molecule has 2 saturated heterocycles. The van der Waals surface area contributed by atoms with Crippen LogP contribution in [0.3, 0.4) is 0 Å². The van der Waals surface area contributed by atoms with E-state index in [0.29, 0.717) is 16.4 Å². The van der Waals surface area contributed by atoms with Crippen LogP contribution in [0.2, 0.25) is 0 Å². The molecule has 6 atom stereocenters. The van der Waals surface area contributed by atoms with Crippen molar-refractivity contribution in [2.75, 3.05) is 31.6 Å². The van der Waals surface area contributed by atoms with Gasteiger partial charge in [-0.3, -0.25) is 4.90 Å². The molecule has 0 spiro atoms. The van der Waals surface area contributed by atoms with Crippen molar-refractivity contribution in [3.05, 3.63) is 59.9 Å². The Morgan fingerprint density at radius 3 is 2.36 bits per heavy atom. The Labute approximate surface area is 266 Å². The summed E-state index contributed by atoms with van der Waals surface area (Å²) < 4.78 is 44.7. The lowest BCUT2D eigenvalue weighted by atomic mass is 9.58. The molecule has 0 aromatic heterocycles. The minimum Gasteiger partial charge on any atom is -0.453 e. The first-order valence-corrected chi connectivity index (χ1v) is 18.0. The maximum absolute atomic E-state index is 14.7. The van der Waals surface area contributed by atoms with Crippen LogP contribution in [0.1, 0.15) is 64.4 Å². The van der Waals surface area contributed by atoms with Gasteiger partial charge in [-0.15, -0.1) is 0 Å². The van der Waals surface area contributed by atoms with Gasteiger partial charge in [-0.05, 0) is 100 Å². The number of benzene rings is 2. The Bertz CT molecular complexity index is 1520. The number of rotatable bonds is 9. The molecule has 2 aromatic carbocycles. The highest BCUT2D eigenvalue weighted by Gasteiger charge is 2.54. The molecule has 242 valence electrons. The van der Waals surface area contributed by atoms with Crippen LogP contribution in [0.5, 0.6) is 0 Å². The largest absolute Gasteiger partial charge is 0.453 e. The number of nitrogens with zero attached hydrogens (tertiary/aromatic N) is 3. The van der Waals surface area contributed by atoms with Gasteiger partial charge in [0.1, 0.15) is 5.82 Å². The number of anilines is 1. The number of ether oxygens (including phenoxy) is 1. The molecule has 8 nitrogen and oxygen atoms in total. The Kier molecular flexibility index (Phi) is 8.88. The van der Waals surface area contributed by atoms with Crippen molar-refractivity contribution in [2.45, 2.75) is 92.5 Å². The highest BCUT2D eigenvalue weighted by Crippen LogP contribution is 2.52. The van der Waals surface area contributed by atoms with E-state index >= 15 is 0 Å².